The number of nitrogens with zero attached hydrogens (tertiary/aromatic N) is 1. The SMILES string of the molecule is CC1=C[C@@H](c2ccc(OCc3ccccc3)cc2)N(c2ccccc2)N1. The van der Waals surface area contributed by atoms with E-state index in [1.54, 1.807) is 0 Å². The molecule has 3 aromatic rings. The highest BCUT2D eigenvalue weighted by atomic mass is 16.5. The second-order valence-corrected chi connectivity index (χ2v) is 6.46. The smallest absolute Gasteiger partial charge is 0.119 e. The summed E-state index contributed by atoms with van der Waals surface area (Å²) in [6.45, 7) is 2.67. The molecule has 3 heteroatoms. The molecule has 0 aliphatic carbocycles. The van der Waals surface area contributed by atoms with E-state index in [-0.39, 0.29) is 6.04 Å². The number of hydrazine groups is 1. The molecule has 4 rings (SSSR count). The number of hydrogen-bond acceptors (Lipinski definition) is 3. The van der Waals surface area contributed by atoms with Crippen molar-refractivity contribution < 1.29 is 4.74 Å². The first kappa shape index (κ1) is 16.3. The number of rotatable bonds is 5. The molecule has 0 bridgehead atoms. The summed E-state index contributed by atoms with van der Waals surface area (Å²) in [5.74, 6) is 0.885. The van der Waals surface area contributed by atoms with Gasteiger partial charge in [0.2, 0.25) is 0 Å². The van der Waals surface area contributed by atoms with Gasteiger partial charge in [0, 0.05) is 5.70 Å². The van der Waals surface area contributed by atoms with Gasteiger partial charge in [-0.05, 0) is 48.4 Å². The highest BCUT2D eigenvalue weighted by Crippen LogP contribution is 2.32. The lowest BCUT2D eigenvalue weighted by atomic mass is 10.1. The molecule has 0 aromatic heterocycles. The quantitative estimate of drug-likeness (QED) is 0.686. The van der Waals surface area contributed by atoms with Crippen LogP contribution in [0.5, 0.6) is 5.75 Å². The summed E-state index contributed by atoms with van der Waals surface area (Å²) >= 11 is 0. The van der Waals surface area contributed by atoms with E-state index in [0.717, 1.165) is 17.1 Å². The van der Waals surface area contributed by atoms with Crippen molar-refractivity contribution in [2.75, 3.05) is 5.01 Å². The Morgan fingerprint density at radius 1 is 0.846 bits per heavy atom. The predicted molar refractivity (Wildman–Crippen MR) is 106 cm³/mol. The molecule has 0 amide bonds. The van der Waals surface area contributed by atoms with Crippen molar-refractivity contribution >= 4 is 5.69 Å². The van der Waals surface area contributed by atoms with Gasteiger partial charge in [-0.2, -0.15) is 0 Å². The van der Waals surface area contributed by atoms with Crippen LogP contribution in [0.3, 0.4) is 0 Å². The van der Waals surface area contributed by atoms with E-state index in [9.17, 15) is 0 Å². The maximum atomic E-state index is 5.90. The summed E-state index contributed by atoms with van der Waals surface area (Å²) in [6, 6.07) is 29.1. The fourth-order valence-electron chi connectivity index (χ4n) is 3.17. The zero-order chi connectivity index (χ0) is 17.8. The van der Waals surface area contributed by atoms with Crippen molar-refractivity contribution in [3.63, 3.8) is 0 Å². The number of benzene rings is 3. The number of hydrogen-bond donors (Lipinski definition) is 1. The van der Waals surface area contributed by atoms with Crippen molar-refractivity contribution in [1.82, 2.24) is 5.43 Å². The summed E-state index contributed by atoms with van der Waals surface area (Å²) in [5, 5.41) is 2.19. The van der Waals surface area contributed by atoms with Gasteiger partial charge < -0.3 is 10.2 Å². The molecular weight excluding hydrogens is 320 g/mol. The fraction of sp³-hybridized carbons (Fsp3) is 0.130. The topological polar surface area (TPSA) is 24.5 Å². The van der Waals surface area contributed by atoms with Crippen LogP contribution in [-0.2, 0) is 6.61 Å². The zero-order valence-corrected chi connectivity index (χ0v) is 14.8. The first-order chi connectivity index (χ1) is 12.8. The first-order valence-electron chi connectivity index (χ1n) is 8.86. The minimum absolute atomic E-state index is 0.167. The minimum atomic E-state index is 0.167. The van der Waals surface area contributed by atoms with Crippen LogP contribution in [0.1, 0.15) is 24.1 Å². The Balaban J connectivity index is 1.48. The van der Waals surface area contributed by atoms with Gasteiger partial charge in [-0.3, -0.25) is 5.01 Å². The molecule has 0 fully saturated rings. The number of anilines is 1. The molecule has 0 unspecified atom stereocenters. The van der Waals surface area contributed by atoms with E-state index in [4.69, 9.17) is 4.74 Å². The van der Waals surface area contributed by atoms with Gasteiger partial charge in [-0.25, -0.2) is 0 Å². The first-order valence-corrected chi connectivity index (χ1v) is 8.86. The average molecular weight is 342 g/mol. The molecule has 0 saturated carbocycles. The van der Waals surface area contributed by atoms with Crippen LogP contribution in [-0.4, -0.2) is 0 Å². The number of allylic oxidation sites excluding steroid dienone is 1. The Kier molecular flexibility index (Phi) is 4.61. The zero-order valence-electron chi connectivity index (χ0n) is 14.8. The molecule has 3 nitrogen and oxygen atoms in total. The van der Waals surface area contributed by atoms with Gasteiger partial charge in [0.15, 0.2) is 0 Å². The Hall–Kier alpha value is -3.20. The van der Waals surface area contributed by atoms with Gasteiger partial charge in [-0.15, -0.1) is 0 Å². The molecule has 1 aliphatic rings. The third-order valence-electron chi connectivity index (χ3n) is 4.49. The third-order valence-corrected chi connectivity index (χ3v) is 4.49. The van der Waals surface area contributed by atoms with Crippen molar-refractivity contribution in [2.24, 2.45) is 0 Å². The van der Waals surface area contributed by atoms with Gasteiger partial charge >= 0.3 is 0 Å². The molecule has 1 atom stereocenters. The predicted octanol–water partition coefficient (Wildman–Crippen LogP) is 5.24. The van der Waals surface area contributed by atoms with E-state index >= 15 is 0 Å². The van der Waals surface area contributed by atoms with Crippen LogP contribution in [0.25, 0.3) is 0 Å². The monoisotopic (exact) mass is 342 g/mol. The van der Waals surface area contributed by atoms with E-state index in [1.165, 1.54) is 11.1 Å². The Morgan fingerprint density at radius 3 is 2.19 bits per heavy atom. The molecule has 1 N–H and O–H groups in total. The molecule has 1 heterocycles. The Labute approximate surface area is 154 Å². The molecule has 3 aromatic carbocycles. The van der Waals surface area contributed by atoms with Gasteiger partial charge in [0.05, 0.1) is 11.7 Å². The standard InChI is InChI=1S/C23H22N2O/c1-18-16-23(25(24-18)21-10-6-3-7-11-21)20-12-14-22(15-13-20)26-17-19-8-4-2-5-9-19/h2-16,23-24H,17H2,1H3/t23-/m0/s1. The van der Waals surface area contributed by atoms with E-state index in [1.807, 2.05) is 36.4 Å². The minimum Gasteiger partial charge on any atom is -0.489 e. The summed E-state index contributed by atoms with van der Waals surface area (Å²) in [5.41, 5.74) is 8.15. The van der Waals surface area contributed by atoms with Crippen LogP contribution in [0.15, 0.2) is 96.7 Å². The number of para-hydroxylation sites is 1. The van der Waals surface area contributed by atoms with Crippen LogP contribution >= 0.6 is 0 Å². The van der Waals surface area contributed by atoms with Crippen LogP contribution in [0.4, 0.5) is 5.69 Å². The molecule has 0 spiro atoms. The summed E-state index contributed by atoms with van der Waals surface area (Å²) < 4.78 is 5.90. The maximum Gasteiger partial charge on any atom is 0.119 e. The maximum absolute atomic E-state index is 5.90. The average Bonchev–Trinajstić information content (AvgIpc) is 3.10. The highest BCUT2D eigenvalue weighted by Gasteiger charge is 2.24. The third kappa shape index (κ3) is 3.57. The highest BCUT2D eigenvalue weighted by molar-refractivity contribution is 5.52. The molecule has 26 heavy (non-hydrogen) atoms. The lowest BCUT2D eigenvalue weighted by Gasteiger charge is -2.27. The molecule has 1 aliphatic heterocycles. The van der Waals surface area contributed by atoms with Crippen molar-refractivity contribution in [1.29, 1.82) is 0 Å². The lowest BCUT2D eigenvalue weighted by Crippen LogP contribution is -2.33. The fourth-order valence-corrected chi connectivity index (χ4v) is 3.17. The number of ether oxygens (including phenoxy) is 1. The van der Waals surface area contributed by atoms with Crippen molar-refractivity contribution in [3.8, 4) is 5.75 Å². The number of nitrogens with one attached hydrogen (secondary N) is 1. The largest absolute Gasteiger partial charge is 0.489 e. The molecule has 130 valence electrons. The summed E-state index contributed by atoms with van der Waals surface area (Å²) in [7, 11) is 0. The Morgan fingerprint density at radius 2 is 1.50 bits per heavy atom. The van der Waals surface area contributed by atoms with E-state index < -0.39 is 0 Å². The van der Waals surface area contributed by atoms with E-state index in [0.29, 0.717) is 6.61 Å². The summed E-state index contributed by atoms with van der Waals surface area (Å²) in [4.78, 5) is 0. The van der Waals surface area contributed by atoms with Crippen LogP contribution < -0.4 is 15.2 Å². The van der Waals surface area contributed by atoms with Crippen LogP contribution in [0, 0.1) is 0 Å². The summed E-state index contributed by atoms with van der Waals surface area (Å²) in [6.07, 6.45) is 2.24. The lowest BCUT2D eigenvalue weighted by molar-refractivity contribution is 0.306. The van der Waals surface area contributed by atoms with Gasteiger partial charge in [0.25, 0.3) is 0 Å². The second kappa shape index (κ2) is 7.36. The molecule has 0 radical (unpaired) electrons. The normalized spacial score (nSPS) is 16.1. The Bertz CT molecular complexity index is 873. The second-order valence-electron chi connectivity index (χ2n) is 6.46. The van der Waals surface area contributed by atoms with Crippen molar-refractivity contribution in [2.45, 2.75) is 19.6 Å². The van der Waals surface area contributed by atoms with Gasteiger partial charge in [0.1, 0.15) is 12.4 Å². The van der Waals surface area contributed by atoms with Gasteiger partial charge in [-0.1, -0.05) is 60.7 Å². The molecular formula is C23H22N2O. The van der Waals surface area contributed by atoms with E-state index in [2.05, 4.69) is 72.0 Å². The molecule has 0 saturated heterocycles. The van der Waals surface area contributed by atoms with Crippen LogP contribution in [0.2, 0.25) is 0 Å². The van der Waals surface area contributed by atoms with Crippen molar-refractivity contribution in [3.05, 3.63) is 108 Å².